The van der Waals surface area contributed by atoms with E-state index in [1.807, 2.05) is 0 Å². The van der Waals surface area contributed by atoms with Crippen molar-refractivity contribution in [2.45, 2.75) is 61.3 Å². The maximum absolute atomic E-state index is 10.0. The maximum atomic E-state index is 10.0. The van der Waals surface area contributed by atoms with E-state index in [1.165, 1.54) is 0 Å². The molecule has 0 saturated carbocycles. The summed E-state index contributed by atoms with van der Waals surface area (Å²) in [6, 6.07) is 0. The Labute approximate surface area is 131 Å². The van der Waals surface area contributed by atoms with Crippen LogP contribution < -0.4 is 5.73 Å². The van der Waals surface area contributed by atoms with Crippen LogP contribution in [0.2, 0.25) is 0 Å². The Bertz CT molecular complexity index is 383. The highest BCUT2D eigenvalue weighted by atomic mass is 16.7. The molecule has 2 fully saturated rings. The van der Waals surface area contributed by atoms with Crippen molar-refractivity contribution in [3.8, 4) is 0 Å². The number of hydrogen-bond acceptors (Lipinski definition) is 11. The van der Waals surface area contributed by atoms with Gasteiger partial charge in [0.15, 0.2) is 6.29 Å². The summed E-state index contributed by atoms with van der Waals surface area (Å²) in [5, 5.41) is 67.4. The molecule has 2 aliphatic heterocycles. The minimum atomic E-state index is -1.69. The molecule has 2 aliphatic rings. The van der Waals surface area contributed by atoms with Gasteiger partial charge in [-0.2, -0.15) is 0 Å². The molecule has 0 bridgehead atoms. The molecule has 2 heterocycles. The van der Waals surface area contributed by atoms with E-state index in [0.717, 1.165) is 0 Å². The second kappa shape index (κ2) is 7.63. The summed E-state index contributed by atoms with van der Waals surface area (Å²) >= 11 is 0. The largest absolute Gasteiger partial charge is 0.394 e. The molecular formula is C12H23NO10. The standard InChI is InChI=1S/C12H23NO10/c13-11-8(19)7(18)10(4(2-15)21-11)23-12-9(20)6(17)5(16)3(1-14)22-12/h3-12,14-20H,1-2,13H2/t3?,4?,5-,6+,7-,8?,9?,10-,11-,12-/m1/s1. The number of rotatable bonds is 4. The summed E-state index contributed by atoms with van der Waals surface area (Å²) in [5.41, 5.74) is 5.46. The first-order valence-electron chi connectivity index (χ1n) is 7.15. The number of ether oxygens (including phenoxy) is 3. The van der Waals surface area contributed by atoms with Crippen LogP contribution >= 0.6 is 0 Å². The third-order valence-electron chi connectivity index (χ3n) is 4.04. The van der Waals surface area contributed by atoms with E-state index in [9.17, 15) is 30.6 Å². The normalized spacial score (nSPS) is 51.7. The molecular weight excluding hydrogens is 318 g/mol. The molecule has 23 heavy (non-hydrogen) atoms. The Morgan fingerprint density at radius 1 is 0.739 bits per heavy atom. The highest BCUT2D eigenvalue weighted by Crippen LogP contribution is 2.28. The van der Waals surface area contributed by atoms with Crippen LogP contribution in [0.4, 0.5) is 0 Å². The van der Waals surface area contributed by atoms with Crippen molar-refractivity contribution < 1.29 is 50.0 Å². The van der Waals surface area contributed by atoms with E-state index in [1.54, 1.807) is 0 Å². The monoisotopic (exact) mass is 341 g/mol. The Hall–Kier alpha value is -0.440. The molecule has 0 amide bonds. The molecule has 0 radical (unpaired) electrons. The van der Waals surface area contributed by atoms with E-state index in [-0.39, 0.29) is 0 Å². The lowest BCUT2D eigenvalue weighted by Crippen LogP contribution is -2.65. The Balaban J connectivity index is 2.11. The van der Waals surface area contributed by atoms with Gasteiger partial charge in [-0.1, -0.05) is 0 Å². The second-order valence-electron chi connectivity index (χ2n) is 5.60. The molecule has 11 nitrogen and oxygen atoms in total. The average molecular weight is 341 g/mol. The predicted octanol–water partition coefficient (Wildman–Crippen LogP) is -5.43. The van der Waals surface area contributed by atoms with Crippen molar-refractivity contribution in [1.82, 2.24) is 0 Å². The summed E-state index contributed by atoms with van der Waals surface area (Å²) < 4.78 is 15.6. The molecule has 136 valence electrons. The van der Waals surface area contributed by atoms with E-state index in [2.05, 4.69) is 0 Å². The lowest BCUT2D eigenvalue weighted by atomic mass is 9.96. The Kier molecular flexibility index (Phi) is 6.27. The smallest absolute Gasteiger partial charge is 0.187 e. The summed E-state index contributed by atoms with van der Waals surface area (Å²) in [6.45, 7) is -1.25. The van der Waals surface area contributed by atoms with E-state index in [4.69, 9.17) is 25.1 Å². The first kappa shape index (κ1) is 18.9. The van der Waals surface area contributed by atoms with E-state index >= 15 is 0 Å². The van der Waals surface area contributed by atoms with Crippen LogP contribution in [0.5, 0.6) is 0 Å². The zero-order valence-corrected chi connectivity index (χ0v) is 12.1. The van der Waals surface area contributed by atoms with E-state index < -0.39 is 74.6 Å². The highest BCUT2D eigenvalue weighted by Gasteiger charge is 2.49. The molecule has 11 heteroatoms. The lowest BCUT2D eigenvalue weighted by molar-refractivity contribution is -0.341. The molecule has 0 aromatic rings. The van der Waals surface area contributed by atoms with Crippen LogP contribution in [0, 0.1) is 0 Å². The molecule has 4 unspecified atom stereocenters. The molecule has 0 aliphatic carbocycles. The van der Waals surface area contributed by atoms with Crippen LogP contribution in [0.3, 0.4) is 0 Å². The number of nitrogens with two attached hydrogens (primary N) is 1. The van der Waals surface area contributed by atoms with Gasteiger partial charge in [0.1, 0.15) is 55.1 Å². The second-order valence-corrected chi connectivity index (χ2v) is 5.60. The van der Waals surface area contributed by atoms with Crippen molar-refractivity contribution in [2.24, 2.45) is 5.73 Å². The fourth-order valence-corrected chi connectivity index (χ4v) is 2.62. The summed E-state index contributed by atoms with van der Waals surface area (Å²) in [7, 11) is 0. The van der Waals surface area contributed by atoms with Crippen LogP contribution in [0.1, 0.15) is 0 Å². The summed E-state index contributed by atoms with van der Waals surface area (Å²) in [6.07, 6.45) is -14.4. The van der Waals surface area contributed by atoms with Gasteiger partial charge in [0.25, 0.3) is 0 Å². The average Bonchev–Trinajstić information content (AvgIpc) is 2.55. The molecule has 2 saturated heterocycles. The van der Waals surface area contributed by atoms with Crippen LogP contribution in [-0.4, -0.2) is 110 Å². The topological polar surface area (TPSA) is 195 Å². The highest BCUT2D eigenvalue weighted by molar-refractivity contribution is 4.94. The maximum Gasteiger partial charge on any atom is 0.187 e. The van der Waals surface area contributed by atoms with Crippen molar-refractivity contribution in [3.05, 3.63) is 0 Å². The fraction of sp³-hybridized carbons (Fsp3) is 1.00. The van der Waals surface area contributed by atoms with Gasteiger partial charge in [-0.3, -0.25) is 0 Å². The Morgan fingerprint density at radius 3 is 1.91 bits per heavy atom. The minimum Gasteiger partial charge on any atom is -0.394 e. The number of hydrogen-bond donors (Lipinski definition) is 8. The Morgan fingerprint density at radius 2 is 1.35 bits per heavy atom. The first-order chi connectivity index (χ1) is 10.8. The van der Waals surface area contributed by atoms with Gasteiger partial charge in [-0.05, 0) is 0 Å². The summed E-state index contributed by atoms with van der Waals surface area (Å²) in [5.74, 6) is 0. The van der Waals surface area contributed by atoms with E-state index in [0.29, 0.717) is 0 Å². The van der Waals surface area contributed by atoms with Gasteiger partial charge >= 0.3 is 0 Å². The SMILES string of the molecule is N[C@@H]1OC(CO)[C@@H](O[C@H]2OC(CO)[C@@H](O)[C@H](O)C2O)[C@H](O)C1O. The van der Waals surface area contributed by atoms with Crippen molar-refractivity contribution in [3.63, 3.8) is 0 Å². The van der Waals surface area contributed by atoms with Crippen LogP contribution in [0.15, 0.2) is 0 Å². The van der Waals surface area contributed by atoms with Gasteiger partial charge in [-0.15, -0.1) is 0 Å². The van der Waals surface area contributed by atoms with Crippen LogP contribution in [0.25, 0.3) is 0 Å². The third kappa shape index (κ3) is 3.65. The minimum absolute atomic E-state index is 0.598. The zero-order chi connectivity index (χ0) is 17.3. The molecule has 0 aromatic carbocycles. The van der Waals surface area contributed by atoms with Gasteiger partial charge in [-0.25, -0.2) is 0 Å². The zero-order valence-electron chi connectivity index (χ0n) is 12.1. The molecule has 10 atom stereocenters. The van der Waals surface area contributed by atoms with Gasteiger partial charge in [0.2, 0.25) is 0 Å². The third-order valence-corrected chi connectivity index (χ3v) is 4.04. The summed E-state index contributed by atoms with van der Waals surface area (Å²) in [4.78, 5) is 0. The number of aliphatic hydroxyl groups excluding tert-OH is 7. The number of aliphatic hydroxyl groups is 7. The lowest BCUT2D eigenvalue weighted by Gasteiger charge is -2.45. The fourth-order valence-electron chi connectivity index (χ4n) is 2.62. The van der Waals surface area contributed by atoms with Gasteiger partial charge < -0.3 is 55.7 Å². The first-order valence-corrected chi connectivity index (χ1v) is 7.15. The van der Waals surface area contributed by atoms with Crippen molar-refractivity contribution in [1.29, 1.82) is 0 Å². The molecule has 9 N–H and O–H groups in total. The van der Waals surface area contributed by atoms with Crippen molar-refractivity contribution >= 4 is 0 Å². The molecule has 0 aromatic heterocycles. The van der Waals surface area contributed by atoms with Gasteiger partial charge in [0, 0.05) is 0 Å². The molecule has 2 rings (SSSR count). The van der Waals surface area contributed by atoms with Crippen molar-refractivity contribution in [2.75, 3.05) is 13.2 Å². The predicted molar refractivity (Wildman–Crippen MR) is 70.6 cm³/mol. The van der Waals surface area contributed by atoms with Crippen LogP contribution in [-0.2, 0) is 14.2 Å². The van der Waals surface area contributed by atoms with Gasteiger partial charge in [0.05, 0.1) is 13.2 Å². The molecule has 0 spiro atoms. The quantitative estimate of drug-likeness (QED) is 0.243.